The number of benzene rings is 4. The van der Waals surface area contributed by atoms with Gasteiger partial charge in [-0.1, -0.05) is 118 Å². The average Bonchev–Trinajstić information content (AvgIpc) is 1.64. The van der Waals surface area contributed by atoms with Crippen molar-refractivity contribution in [3.8, 4) is 5.75 Å². The molecule has 6 heterocycles. The second kappa shape index (κ2) is 54.8. The number of aromatic amines is 3. The Balaban J connectivity index is 1.06. The number of fused-ring (bicyclic) bond motifs is 4. The number of carbonyl (C=O) groups excluding carboxylic acids is 16. The number of para-hydroxylation sites is 2. The SMILES string of the molecule is CCCC[C@H]1C(=O)N(C)[C@@H](CCCC)C(=O)N[C@@H](CCC(=O)O)C(=O)N[C@H](C(=O)NCC(N)=O)CSCC(=O)N[C@@H](Cc2ccc(O)cc2)C(=O)N(C)[C@@H](C)C(=O)N[C@@H](CCC(=O)O)C(=O)N2CCC[C@H]2C(=O)N[C@@H](Cc2c[nH]cn2)C(=O)N[C@@H](CCCCN)C(=O)N2C[C@H](c3ccccc3)C[C@H]2C(=O)N[C@@H](Cc2c[nH]c3ccccc23)C(=O)N[C@@H](CCCCN)C(=O)N[C@@H](Cc2c[nH]c3ccccc23)C(=O)N1C. The maximum absolute atomic E-state index is 16.1. The summed E-state index contributed by atoms with van der Waals surface area (Å²) in [5.74, 6) is -19.1. The van der Waals surface area contributed by atoms with E-state index in [1.54, 1.807) is 54.9 Å². The molecule has 778 valence electrons. The molecule has 22 N–H and O–H groups in total. The number of carbonyl (C=O) groups is 18. The summed E-state index contributed by atoms with van der Waals surface area (Å²) < 4.78 is 0. The third-order valence-electron chi connectivity index (χ3n) is 26.5. The number of carboxylic acids is 2. The molecule has 0 unspecified atom stereocenters. The van der Waals surface area contributed by atoms with Crippen molar-refractivity contribution < 1.29 is 102 Å². The largest absolute Gasteiger partial charge is 0.508 e. The minimum atomic E-state index is -1.79. The van der Waals surface area contributed by atoms with Crippen LogP contribution in [0.25, 0.3) is 21.8 Å². The summed E-state index contributed by atoms with van der Waals surface area (Å²) >= 11 is 0.717. The number of nitrogens with two attached hydrogens (primary N) is 3. The van der Waals surface area contributed by atoms with E-state index in [4.69, 9.17) is 17.2 Å². The lowest BCUT2D eigenvalue weighted by molar-refractivity contribution is -0.149. The zero-order chi connectivity index (χ0) is 104. The minimum absolute atomic E-state index is 0.0124. The van der Waals surface area contributed by atoms with Gasteiger partial charge in [-0.3, -0.25) is 86.3 Å². The predicted molar refractivity (Wildman–Crippen MR) is 533 cm³/mol. The van der Waals surface area contributed by atoms with E-state index in [1.165, 1.54) is 74.7 Å². The molecule has 4 aromatic carbocycles. The maximum Gasteiger partial charge on any atom is 0.303 e. The monoisotopic (exact) mass is 2010 g/mol. The van der Waals surface area contributed by atoms with Crippen LogP contribution >= 0.6 is 11.8 Å². The number of aromatic nitrogens is 4. The fourth-order valence-electron chi connectivity index (χ4n) is 18.3. The molecule has 0 radical (unpaired) electrons. The van der Waals surface area contributed by atoms with Gasteiger partial charge in [0.25, 0.3) is 0 Å². The van der Waals surface area contributed by atoms with Crippen LogP contribution in [-0.4, -0.2) is 316 Å². The van der Waals surface area contributed by atoms with Crippen LogP contribution in [0.4, 0.5) is 0 Å². The smallest absolute Gasteiger partial charge is 0.303 e. The highest BCUT2D eigenvalue weighted by molar-refractivity contribution is 8.00. The second-order valence-corrected chi connectivity index (χ2v) is 37.9. The summed E-state index contributed by atoms with van der Waals surface area (Å²) in [5.41, 5.74) is 21.5. The number of phenols is 1. The van der Waals surface area contributed by atoms with E-state index in [-0.39, 0.29) is 128 Å². The van der Waals surface area contributed by atoms with Gasteiger partial charge in [-0.15, -0.1) is 11.8 Å². The lowest BCUT2D eigenvalue weighted by Crippen LogP contribution is -2.61. The van der Waals surface area contributed by atoms with Gasteiger partial charge in [0.05, 0.1) is 24.3 Å². The zero-order valence-corrected chi connectivity index (χ0v) is 82.8. The molecular weight excluding hydrogens is 1880 g/mol. The number of H-pyrrole nitrogens is 3. The van der Waals surface area contributed by atoms with E-state index in [0.717, 1.165) is 20.3 Å². The summed E-state index contributed by atoms with van der Waals surface area (Å²) in [6, 6.07) is 7.58. The number of thioether (sulfide) groups is 1. The third-order valence-corrected chi connectivity index (χ3v) is 27.5. The molecule has 0 spiro atoms. The molecule has 144 heavy (non-hydrogen) atoms. The molecule has 43 nitrogen and oxygen atoms in total. The Bertz CT molecular complexity index is 5630. The van der Waals surface area contributed by atoms with Crippen molar-refractivity contribution in [2.45, 2.75) is 259 Å². The zero-order valence-electron chi connectivity index (χ0n) is 82.0. The standard InChI is InChI=1S/C100H136N22O21S/c1-7-9-31-79-93(136)111-71(38-40-85(126)127)90(133)117-78(88(131)107-53-83(103)124)55-144-56-84(125)109-76(45-59-34-36-65(123)37-35-59)96(139)118(4)58(3)87(130)112-73(39-41-86(128)129)98(141)121-44-22-33-80(121)94(137)115-75(49-64-52-104-57-108-64)92(135)113-72(30-19-21-43-102)99(142)122-54-63(60-23-12-11-13-24-60)48-82(122)95(138)114-74(46-61-50-105-68-27-16-14-25-66(61)68)91(134)110-70(29-18-20-42-101)89(132)116-77(47-62-51-106-69-28-17-15-26-67(62)69)97(140)120(6)81(32-10-8-2)100(143)119(79)5/h11-17,23-28,34-37,50-52,57-58,63,70-82,105-106,123H,7-10,18-22,29-33,38-49,53-56,101-102H2,1-6H3,(H2,103,124)(H,104,108)(H,107,131)(H,109,125)(H,110,134)(H,111,136)(H,112,130)(H,113,135)(H,114,138)(H,115,137)(H,116,132)(H,117,133)(H,126,127)(H,128,129)/t58-,63+,70-,71-,72-,73-,74-,75-,76-,77-,78-,79-,80-,81-,82-/m0/s1. The van der Waals surface area contributed by atoms with E-state index in [1.807, 2.05) is 50.2 Å². The van der Waals surface area contributed by atoms with Crippen molar-refractivity contribution in [2.75, 3.05) is 65.4 Å². The van der Waals surface area contributed by atoms with Gasteiger partial charge >= 0.3 is 11.9 Å². The van der Waals surface area contributed by atoms with Crippen molar-refractivity contribution in [2.24, 2.45) is 17.2 Å². The molecule has 16 amide bonds. The lowest BCUT2D eigenvalue weighted by atomic mass is 9.96. The summed E-state index contributed by atoms with van der Waals surface area (Å²) in [7, 11) is 3.91. The number of unbranched alkanes of at least 4 members (excludes halogenated alkanes) is 4. The highest BCUT2D eigenvalue weighted by Crippen LogP contribution is 2.35. The summed E-state index contributed by atoms with van der Waals surface area (Å²) in [4.78, 5) is 286. The first-order chi connectivity index (χ1) is 69.0. The number of hydrogen-bond acceptors (Lipinski definition) is 23. The maximum atomic E-state index is 16.1. The Morgan fingerprint density at radius 3 is 1.57 bits per heavy atom. The van der Waals surface area contributed by atoms with Crippen LogP contribution in [0.3, 0.4) is 0 Å². The number of aliphatic carboxylic acids is 2. The molecule has 3 aliphatic heterocycles. The molecule has 0 saturated carbocycles. The van der Waals surface area contributed by atoms with Gasteiger partial charge in [0.15, 0.2) is 0 Å². The van der Waals surface area contributed by atoms with Gasteiger partial charge in [-0.05, 0) is 150 Å². The van der Waals surface area contributed by atoms with E-state index < -0.39 is 241 Å². The van der Waals surface area contributed by atoms with E-state index in [9.17, 15) is 53.7 Å². The predicted octanol–water partition coefficient (Wildman–Crippen LogP) is 1.30. The molecular formula is C100H136N22O21S. The normalized spacial score (nSPS) is 23.9. The van der Waals surface area contributed by atoms with Crippen molar-refractivity contribution >= 4 is 140 Å². The van der Waals surface area contributed by atoms with Crippen molar-refractivity contribution in [3.05, 3.63) is 156 Å². The number of amides is 16. The average molecular weight is 2010 g/mol. The first-order valence-electron chi connectivity index (χ1n) is 49.0. The van der Waals surface area contributed by atoms with Crippen molar-refractivity contribution in [1.29, 1.82) is 0 Å². The Morgan fingerprint density at radius 1 is 0.479 bits per heavy atom. The van der Waals surface area contributed by atoms with E-state index in [0.29, 0.717) is 82.4 Å². The van der Waals surface area contributed by atoms with Gasteiger partial charge in [0.2, 0.25) is 94.5 Å². The summed E-state index contributed by atoms with van der Waals surface area (Å²) in [6.45, 7) is 4.29. The molecule has 3 saturated heterocycles. The Hall–Kier alpha value is -14.3. The molecule has 7 aromatic rings. The van der Waals surface area contributed by atoms with Crippen LogP contribution in [0, 0.1) is 0 Å². The highest BCUT2D eigenvalue weighted by atomic mass is 32.2. The quantitative estimate of drug-likeness (QED) is 0.0264. The van der Waals surface area contributed by atoms with Gasteiger partial charge < -0.3 is 125 Å². The number of phenolic OH excluding ortho intramolecular Hbond substituents is 1. The fourth-order valence-corrected chi connectivity index (χ4v) is 19.1. The van der Waals surface area contributed by atoms with Crippen LogP contribution in [0.1, 0.15) is 177 Å². The topological polar surface area (TPSA) is 643 Å². The van der Waals surface area contributed by atoms with Gasteiger partial charge in [0, 0.05) is 125 Å². The van der Waals surface area contributed by atoms with Crippen LogP contribution in [-0.2, 0) is 112 Å². The number of likely N-dealkylation sites (N-methyl/N-ethyl adjacent to an activating group) is 3. The number of nitrogens with one attached hydrogen (secondary N) is 13. The van der Waals surface area contributed by atoms with E-state index >= 15 is 47.9 Å². The van der Waals surface area contributed by atoms with Gasteiger partial charge in [-0.2, -0.15) is 0 Å². The van der Waals surface area contributed by atoms with Crippen LogP contribution in [0.15, 0.2) is 128 Å². The van der Waals surface area contributed by atoms with Gasteiger partial charge in [0.1, 0.15) is 90.3 Å². The molecule has 3 aliphatic rings. The minimum Gasteiger partial charge on any atom is -0.508 e. The lowest BCUT2D eigenvalue weighted by Gasteiger charge is -2.36. The number of nitrogens with zero attached hydrogens (tertiary/aromatic N) is 6. The molecule has 3 aromatic heterocycles. The van der Waals surface area contributed by atoms with E-state index in [2.05, 4.69) is 73.1 Å². The third kappa shape index (κ3) is 31.4. The molecule has 0 aliphatic carbocycles. The first kappa shape index (κ1) is 112. The Morgan fingerprint density at radius 2 is 0.972 bits per heavy atom. The summed E-state index contributed by atoms with van der Waals surface area (Å²) in [6.07, 6.45) is 5.17. The van der Waals surface area contributed by atoms with Crippen molar-refractivity contribution in [3.63, 3.8) is 0 Å². The number of imidazole rings is 1. The number of hydrogen-bond donors (Lipinski definition) is 19. The number of primary amides is 1. The van der Waals surface area contributed by atoms with Crippen LogP contribution in [0.2, 0.25) is 0 Å². The van der Waals surface area contributed by atoms with Gasteiger partial charge in [-0.25, -0.2) is 4.98 Å². The number of rotatable bonds is 32. The molecule has 0 bridgehead atoms. The summed E-state index contributed by atoms with van der Waals surface area (Å²) in [5, 5.41) is 59.0. The number of carboxylic acid groups (broad SMARTS) is 2. The Labute approximate surface area is 838 Å². The molecule has 44 heteroatoms. The van der Waals surface area contributed by atoms with Crippen LogP contribution in [0.5, 0.6) is 5.75 Å². The molecule has 3 fully saturated rings. The molecule has 10 rings (SSSR count). The van der Waals surface area contributed by atoms with Crippen molar-refractivity contribution in [1.82, 2.24) is 97.6 Å². The second-order valence-electron chi connectivity index (χ2n) is 36.9. The Kier molecular flexibility index (Phi) is 42.5. The first-order valence-corrected chi connectivity index (χ1v) is 50.2. The fraction of sp³-hybridized carbons (Fsp3) is 0.510. The number of aromatic hydroxyl groups is 1. The highest BCUT2D eigenvalue weighted by Gasteiger charge is 2.47. The van der Waals surface area contributed by atoms with Crippen LogP contribution < -0.4 is 70.4 Å². The molecule has 15 atom stereocenters.